The summed E-state index contributed by atoms with van der Waals surface area (Å²) >= 11 is 1.49. The van der Waals surface area contributed by atoms with Gasteiger partial charge in [0.25, 0.3) is 0 Å². The van der Waals surface area contributed by atoms with Crippen molar-refractivity contribution < 1.29 is 4.74 Å². The Bertz CT molecular complexity index is 382. The van der Waals surface area contributed by atoms with Crippen molar-refractivity contribution in [1.82, 2.24) is 9.36 Å². The lowest BCUT2D eigenvalue weighted by molar-refractivity contribution is 0.0620. The highest BCUT2D eigenvalue weighted by atomic mass is 32.1. The van der Waals surface area contributed by atoms with E-state index in [-0.39, 0.29) is 0 Å². The Morgan fingerprint density at radius 2 is 2.35 bits per heavy atom. The van der Waals surface area contributed by atoms with Gasteiger partial charge in [-0.15, -0.1) is 0 Å². The zero-order valence-electron chi connectivity index (χ0n) is 10.2. The van der Waals surface area contributed by atoms with E-state index in [0.717, 1.165) is 24.0 Å². The van der Waals surface area contributed by atoms with E-state index in [0.29, 0.717) is 18.1 Å². The predicted octanol–water partition coefficient (Wildman–Crippen LogP) is 2.47. The van der Waals surface area contributed by atoms with Crippen LogP contribution in [0.3, 0.4) is 0 Å². The van der Waals surface area contributed by atoms with Crippen LogP contribution in [-0.4, -0.2) is 28.1 Å². The van der Waals surface area contributed by atoms with Crippen LogP contribution in [-0.2, 0) is 11.2 Å². The molecule has 1 aliphatic carbocycles. The van der Waals surface area contributed by atoms with E-state index in [4.69, 9.17) is 4.74 Å². The first kappa shape index (κ1) is 11.4. The van der Waals surface area contributed by atoms with Crippen molar-refractivity contribution in [2.24, 2.45) is 5.92 Å². The summed E-state index contributed by atoms with van der Waals surface area (Å²) in [6.45, 7) is 3.02. The Morgan fingerprint density at radius 3 is 3.18 bits per heavy atom. The van der Waals surface area contributed by atoms with E-state index in [1.807, 2.05) is 0 Å². The molecule has 1 aromatic rings. The number of ether oxygens (including phenoxy) is 1. The van der Waals surface area contributed by atoms with Crippen molar-refractivity contribution in [3.8, 4) is 0 Å². The number of anilines is 1. The maximum absolute atomic E-state index is 5.78. The third-order valence-corrected chi connectivity index (χ3v) is 4.56. The Hall–Kier alpha value is -0.680. The second kappa shape index (κ2) is 4.90. The molecule has 0 spiro atoms. The summed E-state index contributed by atoms with van der Waals surface area (Å²) in [7, 11) is 0. The molecule has 0 unspecified atom stereocenters. The van der Waals surface area contributed by atoms with Gasteiger partial charge < -0.3 is 10.1 Å². The molecule has 0 amide bonds. The molecule has 2 heterocycles. The van der Waals surface area contributed by atoms with Crippen LogP contribution in [0.25, 0.3) is 0 Å². The van der Waals surface area contributed by atoms with Gasteiger partial charge in [-0.2, -0.15) is 4.37 Å². The minimum atomic E-state index is 0.486. The maximum Gasteiger partial charge on any atom is 0.202 e. The zero-order chi connectivity index (χ0) is 11.7. The number of aromatic nitrogens is 2. The molecule has 3 atom stereocenters. The van der Waals surface area contributed by atoms with Crippen LogP contribution in [0.4, 0.5) is 5.13 Å². The Balaban J connectivity index is 1.67. The molecule has 1 aliphatic heterocycles. The quantitative estimate of drug-likeness (QED) is 0.899. The summed E-state index contributed by atoms with van der Waals surface area (Å²) in [4.78, 5) is 4.49. The van der Waals surface area contributed by atoms with Gasteiger partial charge in [0.05, 0.1) is 6.10 Å². The molecule has 1 N–H and O–H groups in total. The van der Waals surface area contributed by atoms with Crippen LogP contribution in [0.1, 0.15) is 38.4 Å². The molecular weight excluding hydrogens is 234 g/mol. The van der Waals surface area contributed by atoms with Gasteiger partial charge in [-0.05, 0) is 25.7 Å². The van der Waals surface area contributed by atoms with E-state index >= 15 is 0 Å². The molecule has 1 aromatic heterocycles. The lowest BCUT2D eigenvalue weighted by Crippen LogP contribution is -2.38. The van der Waals surface area contributed by atoms with Crippen molar-refractivity contribution in [3.63, 3.8) is 0 Å². The smallest absolute Gasteiger partial charge is 0.202 e. The zero-order valence-corrected chi connectivity index (χ0v) is 11.0. The summed E-state index contributed by atoms with van der Waals surface area (Å²) in [5.74, 6) is 1.63. The van der Waals surface area contributed by atoms with E-state index in [2.05, 4.69) is 21.6 Å². The minimum absolute atomic E-state index is 0.486. The van der Waals surface area contributed by atoms with Gasteiger partial charge in [0.15, 0.2) is 0 Å². The number of nitrogens with zero attached hydrogens (tertiary/aromatic N) is 2. The topological polar surface area (TPSA) is 47.0 Å². The molecule has 0 bridgehead atoms. The fraction of sp³-hybridized carbons (Fsp3) is 0.833. The van der Waals surface area contributed by atoms with Crippen LogP contribution in [0, 0.1) is 5.92 Å². The third-order valence-electron chi connectivity index (χ3n) is 3.87. The number of nitrogens with one attached hydrogen (secondary N) is 1. The Kier molecular flexibility index (Phi) is 3.29. The fourth-order valence-electron chi connectivity index (χ4n) is 2.97. The Labute approximate surface area is 106 Å². The van der Waals surface area contributed by atoms with Gasteiger partial charge in [-0.1, -0.05) is 6.92 Å². The predicted molar refractivity (Wildman–Crippen MR) is 68.4 cm³/mol. The first-order chi connectivity index (χ1) is 8.36. The molecule has 4 nitrogen and oxygen atoms in total. The van der Waals surface area contributed by atoms with E-state index < -0.39 is 0 Å². The summed E-state index contributed by atoms with van der Waals surface area (Å²) in [5.41, 5.74) is 0. The Morgan fingerprint density at radius 1 is 1.41 bits per heavy atom. The van der Waals surface area contributed by atoms with Gasteiger partial charge in [-0.25, -0.2) is 4.98 Å². The minimum Gasteiger partial charge on any atom is -0.378 e. The summed E-state index contributed by atoms with van der Waals surface area (Å²) < 4.78 is 10.1. The van der Waals surface area contributed by atoms with Gasteiger partial charge >= 0.3 is 0 Å². The van der Waals surface area contributed by atoms with E-state index in [1.54, 1.807) is 0 Å². The maximum atomic E-state index is 5.78. The van der Waals surface area contributed by atoms with Crippen molar-refractivity contribution in [2.45, 2.75) is 51.2 Å². The van der Waals surface area contributed by atoms with Gasteiger partial charge in [0.2, 0.25) is 5.13 Å². The average Bonchev–Trinajstić information content (AvgIpc) is 2.97. The molecule has 17 heavy (non-hydrogen) atoms. The van der Waals surface area contributed by atoms with Crippen LogP contribution in [0.5, 0.6) is 0 Å². The highest BCUT2D eigenvalue weighted by molar-refractivity contribution is 7.09. The summed E-state index contributed by atoms with van der Waals surface area (Å²) in [6.07, 6.45) is 6.34. The van der Waals surface area contributed by atoms with Crippen LogP contribution >= 0.6 is 11.5 Å². The van der Waals surface area contributed by atoms with Crippen LogP contribution in [0.2, 0.25) is 0 Å². The van der Waals surface area contributed by atoms with Crippen LogP contribution < -0.4 is 5.32 Å². The summed E-state index contributed by atoms with van der Waals surface area (Å²) in [5, 5.41) is 4.56. The number of fused-ring (bicyclic) bond motifs is 1. The van der Waals surface area contributed by atoms with Gasteiger partial charge in [-0.3, -0.25) is 0 Å². The molecule has 0 radical (unpaired) electrons. The molecule has 5 heteroatoms. The van der Waals surface area contributed by atoms with Crippen LogP contribution in [0.15, 0.2) is 0 Å². The second-order valence-electron chi connectivity index (χ2n) is 4.91. The first-order valence-electron chi connectivity index (χ1n) is 6.57. The average molecular weight is 253 g/mol. The van der Waals surface area contributed by atoms with Crippen molar-refractivity contribution in [1.29, 1.82) is 0 Å². The number of hydrogen-bond acceptors (Lipinski definition) is 5. The molecule has 2 fully saturated rings. The normalized spacial score (nSPS) is 32.4. The standard InChI is InChI=1S/C12H19N3OS/c1-2-11-14-12(17-15-11)13-9-4-3-5-10-8(9)6-7-16-10/h8-10H,2-7H2,1H3,(H,13,14,15)/t8-,9-,10+/m1/s1. The highest BCUT2D eigenvalue weighted by Gasteiger charge is 2.37. The SMILES string of the molecule is CCc1nsc(N[C@@H]2CCC[C@@H]3OCC[C@@H]32)n1. The van der Waals surface area contributed by atoms with Crippen molar-refractivity contribution >= 4 is 16.7 Å². The lowest BCUT2D eigenvalue weighted by atomic mass is 9.82. The fourth-order valence-corrected chi connectivity index (χ4v) is 3.68. The molecular formula is C12H19N3OS. The molecule has 94 valence electrons. The largest absolute Gasteiger partial charge is 0.378 e. The van der Waals surface area contributed by atoms with E-state index in [9.17, 15) is 0 Å². The summed E-state index contributed by atoms with van der Waals surface area (Å²) in [6, 6.07) is 0.536. The molecule has 1 saturated carbocycles. The molecule has 0 aromatic carbocycles. The first-order valence-corrected chi connectivity index (χ1v) is 7.35. The molecule has 1 saturated heterocycles. The second-order valence-corrected chi connectivity index (χ2v) is 5.66. The van der Waals surface area contributed by atoms with Gasteiger partial charge in [0.1, 0.15) is 5.82 Å². The molecule has 3 rings (SSSR count). The number of aryl methyl sites for hydroxylation is 1. The van der Waals surface area contributed by atoms with Crippen molar-refractivity contribution in [3.05, 3.63) is 5.82 Å². The van der Waals surface area contributed by atoms with Crippen molar-refractivity contribution in [2.75, 3.05) is 11.9 Å². The molecule has 2 aliphatic rings. The monoisotopic (exact) mass is 253 g/mol. The van der Waals surface area contributed by atoms with Gasteiger partial charge in [0, 0.05) is 36.5 Å². The lowest BCUT2D eigenvalue weighted by Gasteiger charge is -2.32. The van der Waals surface area contributed by atoms with E-state index in [1.165, 1.54) is 37.2 Å². The third kappa shape index (κ3) is 2.31. The number of rotatable bonds is 3. The number of hydrogen-bond donors (Lipinski definition) is 1. The highest BCUT2D eigenvalue weighted by Crippen LogP contribution is 2.36.